The molecule has 0 unspecified atom stereocenters. The van der Waals surface area contributed by atoms with Crippen molar-refractivity contribution < 1.29 is 5.11 Å². The lowest BCUT2D eigenvalue weighted by molar-refractivity contribution is 0.413. The second-order valence-corrected chi connectivity index (χ2v) is 7.40. The molecule has 156 valence electrons. The summed E-state index contributed by atoms with van der Waals surface area (Å²) in [5, 5.41) is 20.4. The Labute approximate surface area is 186 Å². The summed E-state index contributed by atoms with van der Waals surface area (Å²) in [7, 11) is 0. The van der Waals surface area contributed by atoms with Crippen LogP contribution in [-0.4, -0.2) is 15.9 Å². The minimum Gasteiger partial charge on any atom is -0.494 e. The van der Waals surface area contributed by atoms with Crippen LogP contribution in [0.3, 0.4) is 0 Å². The Morgan fingerprint density at radius 2 is 1.53 bits per heavy atom. The summed E-state index contributed by atoms with van der Waals surface area (Å²) in [6.07, 6.45) is 1.50. The van der Waals surface area contributed by atoms with Gasteiger partial charge in [-0.25, -0.2) is 0 Å². The molecule has 5 heteroatoms. The number of hydrogen-bond acceptors (Lipinski definition) is 4. The fraction of sp³-hybridized carbons (Fsp3) is 0.0741. The lowest BCUT2D eigenvalue weighted by Gasteiger charge is -2.14. The molecule has 5 nitrogen and oxygen atoms in total. The van der Waals surface area contributed by atoms with Crippen LogP contribution >= 0.6 is 0 Å². The molecule has 0 aliphatic carbocycles. The molecule has 1 heterocycles. The summed E-state index contributed by atoms with van der Waals surface area (Å²) in [6, 6.07) is 29.1. The average Bonchev–Trinajstić information content (AvgIpc) is 2.84. The van der Waals surface area contributed by atoms with Crippen LogP contribution in [0.2, 0.25) is 0 Å². The minimum absolute atomic E-state index is 0.000364. The summed E-state index contributed by atoms with van der Waals surface area (Å²) in [6.45, 7) is 1.81. The van der Waals surface area contributed by atoms with E-state index in [0.717, 1.165) is 16.7 Å². The van der Waals surface area contributed by atoms with Crippen molar-refractivity contribution in [3.8, 4) is 23.1 Å². The molecule has 0 amide bonds. The van der Waals surface area contributed by atoms with Crippen LogP contribution in [-0.2, 0) is 6.54 Å². The van der Waals surface area contributed by atoms with Gasteiger partial charge >= 0.3 is 0 Å². The van der Waals surface area contributed by atoms with E-state index in [9.17, 15) is 15.2 Å². The van der Waals surface area contributed by atoms with Gasteiger partial charge in [-0.1, -0.05) is 72.8 Å². The van der Waals surface area contributed by atoms with Crippen molar-refractivity contribution in [2.24, 2.45) is 4.99 Å². The predicted molar refractivity (Wildman–Crippen MR) is 126 cm³/mol. The summed E-state index contributed by atoms with van der Waals surface area (Å²) in [5.74, 6) is -0.208. The van der Waals surface area contributed by atoms with Crippen molar-refractivity contribution in [3.05, 3.63) is 118 Å². The van der Waals surface area contributed by atoms with Gasteiger partial charge in [-0.2, -0.15) is 5.26 Å². The van der Waals surface area contributed by atoms with Crippen molar-refractivity contribution in [2.75, 3.05) is 0 Å². The van der Waals surface area contributed by atoms with E-state index in [0.29, 0.717) is 16.8 Å². The summed E-state index contributed by atoms with van der Waals surface area (Å²) in [5.41, 5.74) is 3.97. The molecule has 0 bridgehead atoms. The van der Waals surface area contributed by atoms with Crippen LogP contribution in [0.5, 0.6) is 5.88 Å². The molecule has 4 rings (SSSR count). The predicted octanol–water partition coefficient (Wildman–Crippen LogP) is 5.20. The normalized spacial score (nSPS) is 10.9. The molecule has 0 atom stereocenters. The van der Waals surface area contributed by atoms with E-state index < -0.39 is 5.56 Å². The number of benzene rings is 3. The van der Waals surface area contributed by atoms with Crippen LogP contribution in [0.25, 0.3) is 11.1 Å². The topological polar surface area (TPSA) is 78.4 Å². The Morgan fingerprint density at radius 3 is 2.16 bits per heavy atom. The lowest BCUT2D eigenvalue weighted by atomic mass is 10.1. The molecule has 0 saturated heterocycles. The lowest BCUT2D eigenvalue weighted by Crippen LogP contribution is -2.25. The molecule has 3 aromatic carbocycles. The molecular weight excluding hydrogens is 398 g/mol. The first-order valence-corrected chi connectivity index (χ1v) is 10.2. The first kappa shape index (κ1) is 20.8. The maximum atomic E-state index is 12.8. The van der Waals surface area contributed by atoms with E-state index in [1.807, 2.05) is 91.0 Å². The van der Waals surface area contributed by atoms with Gasteiger partial charge in [-0.15, -0.1) is 0 Å². The van der Waals surface area contributed by atoms with Gasteiger partial charge in [0.15, 0.2) is 0 Å². The number of hydrogen-bond donors (Lipinski definition) is 1. The molecule has 0 aliphatic heterocycles. The van der Waals surface area contributed by atoms with E-state index in [2.05, 4.69) is 4.99 Å². The first-order valence-electron chi connectivity index (χ1n) is 10.2. The van der Waals surface area contributed by atoms with Crippen molar-refractivity contribution in [2.45, 2.75) is 13.5 Å². The van der Waals surface area contributed by atoms with Gasteiger partial charge in [-0.05, 0) is 41.3 Å². The van der Waals surface area contributed by atoms with E-state index in [1.54, 1.807) is 6.92 Å². The maximum Gasteiger partial charge on any atom is 0.271 e. The van der Waals surface area contributed by atoms with Crippen LogP contribution in [0.4, 0.5) is 5.69 Å². The van der Waals surface area contributed by atoms with E-state index >= 15 is 0 Å². The largest absolute Gasteiger partial charge is 0.494 e. The molecule has 32 heavy (non-hydrogen) atoms. The Hall–Kier alpha value is -4.43. The highest BCUT2D eigenvalue weighted by Crippen LogP contribution is 2.24. The molecule has 4 aromatic rings. The minimum atomic E-state index is -0.518. The van der Waals surface area contributed by atoms with Gasteiger partial charge in [0.05, 0.1) is 17.8 Å². The second-order valence-electron chi connectivity index (χ2n) is 7.40. The van der Waals surface area contributed by atoms with Crippen LogP contribution < -0.4 is 5.56 Å². The quantitative estimate of drug-likeness (QED) is 0.452. The van der Waals surface area contributed by atoms with Crippen LogP contribution in [0.15, 0.2) is 94.7 Å². The number of aromatic nitrogens is 1. The van der Waals surface area contributed by atoms with Gasteiger partial charge in [0.1, 0.15) is 11.6 Å². The van der Waals surface area contributed by atoms with Gasteiger partial charge in [0, 0.05) is 6.21 Å². The van der Waals surface area contributed by atoms with E-state index in [1.165, 1.54) is 10.8 Å². The van der Waals surface area contributed by atoms with Crippen molar-refractivity contribution in [3.63, 3.8) is 0 Å². The highest BCUT2D eigenvalue weighted by Gasteiger charge is 2.18. The fourth-order valence-electron chi connectivity index (χ4n) is 3.55. The van der Waals surface area contributed by atoms with Crippen LogP contribution in [0, 0.1) is 18.3 Å². The Morgan fingerprint density at radius 1 is 0.938 bits per heavy atom. The van der Waals surface area contributed by atoms with Crippen LogP contribution in [0.1, 0.15) is 22.3 Å². The smallest absolute Gasteiger partial charge is 0.271 e. The second kappa shape index (κ2) is 9.15. The standard InChI is InChI=1S/C27H21N3O2/c1-19-24(16-28)26(31)30(18-20-8-4-2-5-9-20)27(32)25(19)17-29-23-14-12-22(13-15-23)21-10-6-3-7-11-21/h2-15,17,32H,18H2,1H3. The van der Waals surface area contributed by atoms with Crippen molar-refractivity contribution in [1.82, 2.24) is 4.57 Å². The third-order valence-corrected chi connectivity index (χ3v) is 5.35. The van der Waals surface area contributed by atoms with Crippen molar-refractivity contribution in [1.29, 1.82) is 5.26 Å². The SMILES string of the molecule is Cc1c(C=Nc2ccc(-c3ccccc3)cc2)c(O)n(Cc2ccccc2)c(=O)c1C#N. The zero-order valence-electron chi connectivity index (χ0n) is 17.6. The Balaban J connectivity index is 1.70. The van der Waals surface area contributed by atoms with Gasteiger partial charge in [-0.3, -0.25) is 14.4 Å². The summed E-state index contributed by atoms with van der Waals surface area (Å²) < 4.78 is 1.21. The summed E-state index contributed by atoms with van der Waals surface area (Å²) >= 11 is 0. The number of rotatable bonds is 5. The fourth-order valence-corrected chi connectivity index (χ4v) is 3.55. The number of aromatic hydroxyl groups is 1. The maximum absolute atomic E-state index is 12.8. The Bertz CT molecular complexity index is 1370. The molecule has 0 spiro atoms. The molecule has 0 saturated carbocycles. The zero-order chi connectivity index (χ0) is 22.5. The van der Waals surface area contributed by atoms with E-state index in [4.69, 9.17) is 0 Å². The number of nitriles is 1. The molecule has 1 N–H and O–H groups in total. The number of nitrogens with zero attached hydrogens (tertiary/aromatic N) is 3. The number of pyridine rings is 1. The molecule has 0 radical (unpaired) electrons. The third-order valence-electron chi connectivity index (χ3n) is 5.35. The van der Waals surface area contributed by atoms with Gasteiger partial charge in [0.25, 0.3) is 5.56 Å². The van der Waals surface area contributed by atoms with E-state index in [-0.39, 0.29) is 18.0 Å². The highest BCUT2D eigenvalue weighted by atomic mass is 16.3. The number of aliphatic imine (C=N–C) groups is 1. The summed E-state index contributed by atoms with van der Waals surface area (Å²) in [4.78, 5) is 17.3. The molecule has 1 aromatic heterocycles. The zero-order valence-corrected chi connectivity index (χ0v) is 17.6. The third kappa shape index (κ3) is 4.21. The first-order chi connectivity index (χ1) is 15.6. The van der Waals surface area contributed by atoms with Gasteiger partial charge < -0.3 is 5.11 Å². The molecule has 0 fully saturated rings. The monoisotopic (exact) mass is 419 g/mol. The molecular formula is C27H21N3O2. The average molecular weight is 419 g/mol. The van der Waals surface area contributed by atoms with Crippen molar-refractivity contribution >= 4 is 11.9 Å². The highest BCUT2D eigenvalue weighted by molar-refractivity contribution is 5.87. The molecule has 0 aliphatic rings. The van der Waals surface area contributed by atoms with Gasteiger partial charge in [0.2, 0.25) is 5.88 Å². The Kier molecular flexibility index (Phi) is 5.96.